The van der Waals surface area contributed by atoms with Crippen LogP contribution in [0.2, 0.25) is 10.2 Å². The van der Waals surface area contributed by atoms with E-state index in [1.54, 1.807) is 6.07 Å². The zero-order valence-electron chi connectivity index (χ0n) is 10.5. The van der Waals surface area contributed by atoms with Crippen LogP contribution >= 0.6 is 23.2 Å². The summed E-state index contributed by atoms with van der Waals surface area (Å²) in [6.45, 7) is 6.15. The molecular weight excluding hydrogens is 267 g/mol. The van der Waals surface area contributed by atoms with Crippen molar-refractivity contribution in [1.82, 2.24) is 9.97 Å². The molecule has 0 saturated heterocycles. The minimum absolute atomic E-state index is 0.317. The Balaban J connectivity index is 2.56. The predicted molar refractivity (Wildman–Crippen MR) is 76.3 cm³/mol. The van der Waals surface area contributed by atoms with Crippen LogP contribution in [-0.2, 0) is 0 Å². The fourth-order valence-corrected chi connectivity index (χ4v) is 2.15. The number of rotatable bonds is 2. The van der Waals surface area contributed by atoms with Gasteiger partial charge in [-0.1, -0.05) is 37.0 Å². The van der Waals surface area contributed by atoms with Crippen LogP contribution in [0.1, 0.15) is 31.0 Å². The molecule has 0 bridgehead atoms. The number of aryl methyl sites for hydroxylation is 1. The topological polar surface area (TPSA) is 25.8 Å². The molecule has 1 aromatic carbocycles. The maximum absolute atomic E-state index is 6.05. The van der Waals surface area contributed by atoms with Gasteiger partial charge in [-0.25, -0.2) is 9.97 Å². The Morgan fingerprint density at radius 2 is 1.78 bits per heavy atom. The molecule has 0 radical (unpaired) electrons. The molecule has 4 heteroatoms. The van der Waals surface area contributed by atoms with Crippen LogP contribution in [-0.4, -0.2) is 9.97 Å². The highest BCUT2D eigenvalue weighted by Gasteiger charge is 2.10. The smallest absolute Gasteiger partial charge is 0.161 e. The van der Waals surface area contributed by atoms with Crippen LogP contribution in [0.4, 0.5) is 0 Å². The lowest BCUT2D eigenvalue weighted by Crippen LogP contribution is -1.99. The summed E-state index contributed by atoms with van der Waals surface area (Å²) in [7, 11) is 0. The van der Waals surface area contributed by atoms with Gasteiger partial charge in [0.25, 0.3) is 0 Å². The SMILES string of the molecule is Cc1cc(Cl)ccc1-c1nc(Cl)cc(C(C)C)n1. The molecule has 0 aliphatic carbocycles. The largest absolute Gasteiger partial charge is 0.233 e. The van der Waals surface area contributed by atoms with Crippen LogP contribution in [0.25, 0.3) is 11.4 Å². The van der Waals surface area contributed by atoms with Gasteiger partial charge in [-0.15, -0.1) is 0 Å². The maximum Gasteiger partial charge on any atom is 0.161 e. The Bertz CT molecular complexity index is 580. The van der Waals surface area contributed by atoms with Gasteiger partial charge in [0.1, 0.15) is 5.15 Å². The molecule has 2 rings (SSSR count). The van der Waals surface area contributed by atoms with E-state index in [0.717, 1.165) is 16.8 Å². The van der Waals surface area contributed by atoms with E-state index in [0.29, 0.717) is 21.9 Å². The first kappa shape index (κ1) is 13.3. The molecular formula is C14H14Cl2N2. The van der Waals surface area contributed by atoms with Crippen molar-refractivity contribution in [2.75, 3.05) is 0 Å². The van der Waals surface area contributed by atoms with Crippen molar-refractivity contribution < 1.29 is 0 Å². The first-order chi connectivity index (χ1) is 8.47. The molecule has 18 heavy (non-hydrogen) atoms. The number of hydrogen-bond acceptors (Lipinski definition) is 2. The van der Waals surface area contributed by atoms with Crippen LogP contribution in [0, 0.1) is 6.92 Å². The molecule has 0 fully saturated rings. The van der Waals surface area contributed by atoms with Crippen molar-refractivity contribution in [1.29, 1.82) is 0 Å². The Morgan fingerprint density at radius 3 is 2.39 bits per heavy atom. The van der Waals surface area contributed by atoms with Gasteiger partial charge in [-0.05, 0) is 42.7 Å². The van der Waals surface area contributed by atoms with Crippen LogP contribution in [0.5, 0.6) is 0 Å². The Labute approximate surface area is 117 Å². The molecule has 0 amide bonds. The van der Waals surface area contributed by atoms with Crippen LogP contribution < -0.4 is 0 Å². The quantitative estimate of drug-likeness (QED) is 0.733. The van der Waals surface area contributed by atoms with Gasteiger partial charge in [0, 0.05) is 16.3 Å². The summed E-state index contributed by atoms with van der Waals surface area (Å²) in [5.41, 5.74) is 2.95. The predicted octanol–water partition coefficient (Wildman–Crippen LogP) is 4.88. The van der Waals surface area contributed by atoms with E-state index >= 15 is 0 Å². The second-order valence-corrected chi connectivity index (χ2v) is 5.38. The summed E-state index contributed by atoms with van der Waals surface area (Å²) in [4.78, 5) is 8.84. The number of nitrogens with zero attached hydrogens (tertiary/aromatic N) is 2. The zero-order chi connectivity index (χ0) is 13.3. The van der Waals surface area contributed by atoms with E-state index in [1.807, 2.05) is 25.1 Å². The van der Waals surface area contributed by atoms with Crippen LogP contribution in [0.3, 0.4) is 0 Å². The van der Waals surface area contributed by atoms with E-state index in [1.165, 1.54) is 0 Å². The second-order valence-electron chi connectivity index (χ2n) is 4.55. The standard InChI is InChI=1S/C14H14Cl2N2/c1-8(2)12-7-13(16)18-14(17-12)11-5-4-10(15)6-9(11)3/h4-8H,1-3H3. The van der Waals surface area contributed by atoms with Gasteiger partial charge in [-0.3, -0.25) is 0 Å². The molecule has 0 N–H and O–H groups in total. The van der Waals surface area contributed by atoms with E-state index < -0.39 is 0 Å². The lowest BCUT2D eigenvalue weighted by molar-refractivity contribution is 0.816. The third-order valence-electron chi connectivity index (χ3n) is 2.74. The number of aromatic nitrogens is 2. The van der Waals surface area contributed by atoms with Crippen molar-refractivity contribution in [3.63, 3.8) is 0 Å². The van der Waals surface area contributed by atoms with Crippen molar-refractivity contribution in [3.05, 3.63) is 45.7 Å². The molecule has 0 unspecified atom stereocenters. The molecule has 1 aromatic heterocycles. The minimum Gasteiger partial charge on any atom is -0.233 e. The van der Waals surface area contributed by atoms with Gasteiger partial charge in [0.15, 0.2) is 5.82 Å². The fraction of sp³-hybridized carbons (Fsp3) is 0.286. The Morgan fingerprint density at radius 1 is 1.06 bits per heavy atom. The van der Waals surface area contributed by atoms with Gasteiger partial charge < -0.3 is 0 Å². The Hall–Kier alpha value is -1.12. The first-order valence-electron chi connectivity index (χ1n) is 5.78. The van der Waals surface area contributed by atoms with E-state index in [4.69, 9.17) is 23.2 Å². The number of hydrogen-bond donors (Lipinski definition) is 0. The molecule has 0 spiro atoms. The molecule has 2 nitrogen and oxygen atoms in total. The van der Waals surface area contributed by atoms with Gasteiger partial charge in [0.2, 0.25) is 0 Å². The van der Waals surface area contributed by atoms with Gasteiger partial charge >= 0.3 is 0 Å². The van der Waals surface area contributed by atoms with Crippen molar-refractivity contribution in [2.45, 2.75) is 26.7 Å². The van der Waals surface area contributed by atoms with Gasteiger partial charge in [-0.2, -0.15) is 0 Å². The monoisotopic (exact) mass is 280 g/mol. The molecule has 0 atom stereocenters. The molecule has 1 heterocycles. The summed E-state index contributed by atoms with van der Waals surface area (Å²) < 4.78 is 0. The summed E-state index contributed by atoms with van der Waals surface area (Å²) >= 11 is 12.0. The highest BCUT2D eigenvalue weighted by Crippen LogP contribution is 2.26. The summed E-state index contributed by atoms with van der Waals surface area (Å²) in [6.07, 6.45) is 0. The lowest BCUT2D eigenvalue weighted by Gasteiger charge is -2.09. The molecule has 2 aromatic rings. The molecule has 94 valence electrons. The lowest BCUT2D eigenvalue weighted by atomic mass is 10.1. The second kappa shape index (κ2) is 5.25. The van der Waals surface area contributed by atoms with Crippen molar-refractivity contribution >= 4 is 23.2 Å². The van der Waals surface area contributed by atoms with Crippen molar-refractivity contribution in [2.24, 2.45) is 0 Å². The van der Waals surface area contributed by atoms with E-state index in [-0.39, 0.29) is 0 Å². The molecule has 0 aliphatic rings. The van der Waals surface area contributed by atoms with E-state index in [2.05, 4.69) is 23.8 Å². The highest BCUT2D eigenvalue weighted by atomic mass is 35.5. The molecule has 0 saturated carbocycles. The highest BCUT2D eigenvalue weighted by molar-refractivity contribution is 6.30. The third-order valence-corrected chi connectivity index (χ3v) is 3.16. The number of halogens is 2. The Kier molecular flexibility index (Phi) is 3.88. The summed E-state index contributed by atoms with van der Waals surface area (Å²) in [5.74, 6) is 0.970. The summed E-state index contributed by atoms with van der Waals surface area (Å²) in [5, 5.41) is 1.18. The number of benzene rings is 1. The van der Waals surface area contributed by atoms with Crippen molar-refractivity contribution in [3.8, 4) is 11.4 Å². The first-order valence-corrected chi connectivity index (χ1v) is 6.54. The average Bonchev–Trinajstić information content (AvgIpc) is 2.27. The van der Waals surface area contributed by atoms with E-state index in [9.17, 15) is 0 Å². The third kappa shape index (κ3) is 2.82. The fourth-order valence-electron chi connectivity index (χ4n) is 1.73. The maximum atomic E-state index is 6.05. The zero-order valence-corrected chi connectivity index (χ0v) is 12.0. The van der Waals surface area contributed by atoms with Crippen LogP contribution in [0.15, 0.2) is 24.3 Å². The summed E-state index contributed by atoms with van der Waals surface area (Å²) in [6, 6.07) is 7.47. The minimum atomic E-state index is 0.317. The van der Waals surface area contributed by atoms with Gasteiger partial charge in [0.05, 0.1) is 0 Å². The molecule has 0 aliphatic heterocycles. The average molecular weight is 281 g/mol. The normalized spacial score (nSPS) is 11.0.